The molecule has 2 aromatic rings. The van der Waals surface area contributed by atoms with Crippen molar-refractivity contribution in [3.8, 4) is 10.9 Å². The monoisotopic (exact) mass is 223 g/mol. The number of nitrogens with zero attached hydrogens (tertiary/aromatic N) is 3. The minimum absolute atomic E-state index is 0.118. The molecule has 0 unspecified atom stereocenters. The van der Waals surface area contributed by atoms with E-state index in [-0.39, 0.29) is 6.61 Å². The third-order valence-electron chi connectivity index (χ3n) is 1.74. The molecule has 1 N–H and O–H groups in total. The molecule has 0 saturated carbocycles. The molecule has 0 radical (unpaired) electrons. The summed E-state index contributed by atoms with van der Waals surface area (Å²) in [5, 5.41) is 17.3. The van der Waals surface area contributed by atoms with E-state index >= 15 is 0 Å². The number of pyridine rings is 1. The number of hydrogen-bond donors (Lipinski definition) is 1. The maximum absolute atomic E-state index is 8.81. The number of ether oxygens (including phenoxy) is 1. The van der Waals surface area contributed by atoms with Gasteiger partial charge in [-0.2, -0.15) is 0 Å². The lowest BCUT2D eigenvalue weighted by atomic mass is 10.3. The molecule has 0 aromatic carbocycles. The minimum Gasteiger partial charge on any atom is -0.428 e. The highest BCUT2D eigenvalue weighted by Crippen LogP contribution is 2.26. The lowest BCUT2D eigenvalue weighted by molar-refractivity contribution is 0.280. The van der Waals surface area contributed by atoms with Crippen LogP contribution >= 0.6 is 11.3 Å². The molecule has 2 heterocycles. The fourth-order valence-corrected chi connectivity index (χ4v) is 1.58. The SMILES string of the molecule is Cc1ncccc1Oc1nnc(CO)s1. The minimum atomic E-state index is -0.118. The normalized spacial score (nSPS) is 10.3. The van der Waals surface area contributed by atoms with E-state index < -0.39 is 0 Å². The van der Waals surface area contributed by atoms with Gasteiger partial charge < -0.3 is 9.84 Å². The maximum atomic E-state index is 8.81. The number of rotatable bonds is 3. The number of aliphatic hydroxyl groups excluding tert-OH is 1. The summed E-state index contributed by atoms with van der Waals surface area (Å²) in [6.45, 7) is 1.73. The zero-order valence-corrected chi connectivity index (χ0v) is 8.86. The Morgan fingerprint density at radius 2 is 2.33 bits per heavy atom. The Labute approximate surface area is 90.4 Å². The van der Waals surface area contributed by atoms with E-state index in [1.807, 2.05) is 13.0 Å². The van der Waals surface area contributed by atoms with Gasteiger partial charge in [-0.25, -0.2) is 0 Å². The van der Waals surface area contributed by atoms with Crippen molar-refractivity contribution in [1.29, 1.82) is 0 Å². The van der Waals surface area contributed by atoms with Gasteiger partial charge in [-0.15, -0.1) is 5.10 Å². The standard InChI is InChI=1S/C9H9N3O2S/c1-6-7(3-2-4-10-6)14-9-12-11-8(5-13)15-9/h2-4,13H,5H2,1H3. The summed E-state index contributed by atoms with van der Waals surface area (Å²) in [5.41, 5.74) is 0.790. The van der Waals surface area contributed by atoms with Crippen molar-refractivity contribution >= 4 is 11.3 Å². The van der Waals surface area contributed by atoms with Gasteiger partial charge in [0.05, 0.1) is 12.3 Å². The summed E-state index contributed by atoms with van der Waals surface area (Å²) in [4.78, 5) is 4.08. The fourth-order valence-electron chi connectivity index (χ4n) is 1.01. The van der Waals surface area contributed by atoms with Gasteiger partial charge in [0.15, 0.2) is 5.75 Å². The van der Waals surface area contributed by atoms with Gasteiger partial charge in [-0.05, 0) is 19.1 Å². The molecular weight excluding hydrogens is 214 g/mol. The molecule has 0 aliphatic heterocycles. The van der Waals surface area contributed by atoms with E-state index in [9.17, 15) is 0 Å². The molecule has 0 spiro atoms. The zero-order valence-electron chi connectivity index (χ0n) is 8.04. The Bertz CT molecular complexity index is 458. The highest BCUT2D eigenvalue weighted by atomic mass is 32.1. The molecule has 2 aromatic heterocycles. The molecule has 78 valence electrons. The average Bonchev–Trinajstić information content (AvgIpc) is 2.69. The van der Waals surface area contributed by atoms with Crippen molar-refractivity contribution in [2.45, 2.75) is 13.5 Å². The van der Waals surface area contributed by atoms with Gasteiger partial charge in [0.25, 0.3) is 5.19 Å². The van der Waals surface area contributed by atoms with Crippen molar-refractivity contribution < 1.29 is 9.84 Å². The first-order valence-corrected chi connectivity index (χ1v) is 5.14. The molecule has 0 saturated heterocycles. The van der Waals surface area contributed by atoms with E-state index in [0.717, 1.165) is 5.69 Å². The number of aryl methyl sites for hydroxylation is 1. The molecule has 0 aliphatic rings. The summed E-state index contributed by atoms with van der Waals surface area (Å²) in [5.74, 6) is 0.651. The van der Waals surface area contributed by atoms with Crippen LogP contribution in [0.1, 0.15) is 10.7 Å². The van der Waals surface area contributed by atoms with Crippen molar-refractivity contribution in [3.63, 3.8) is 0 Å². The lowest BCUT2D eigenvalue weighted by Gasteiger charge is -2.02. The second kappa shape index (κ2) is 4.33. The van der Waals surface area contributed by atoms with E-state index in [1.165, 1.54) is 11.3 Å². The van der Waals surface area contributed by atoms with Crippen molar-refractivity contribution in [1.82, 2.24) is 15.2 Å². The van der Waals surface area contributed by atoms with E-state index in [4.69, 9.17) is 9.84 Å². The van der Waals surface area contributed by atoms with E-state index in [0.29, 0.717) is 16.0 Å². The molecule has 6 heteroatoms. The van der Waals surface area contributed by atoms with Crippen molar-refractivity contribution in [2.75, 3.05) is 0 Å². The second-order valence-electron chi connectivity index (χ2n) is 2.81. The molecule has 15 heavy (non-hydrogen) atoms. The first kappa shape index (κ1) is 10.0. The van der Waals surface area contributed by atoms with Crippen LogP contribution in [-0.2, 0) is 6.61 Å². The number of aliphatic hydroxyl groups is 1. The van der Waals surface area contributed by atoms with Crippen LogP contribution in [0, 0.1) is 6.92 Å². The average molecular weight is 223 g/mol. The first-order chi connectivity index (χ1) is 7.29. The van der Waals surface area contributed by atoms with Crippen LogP contribution in [0.2, 0.25) is 0 Å². The molecular formula is C9H9N3O2S. The quantitative estimate of drug-likeness (QED) is 0.854. The third-order valence-corrected chi connectivity index (χ3v) is 2.53. The Morgan fingerprint density at radius 3 is 3.00 bits per heavy atom. The summed E-state index contributed by atoms with van der Waals surface area (Å²) < 4.78 is 5.46. The van der Waals surface area contributed by atoms with Crippen LogP contribution < -0.4 is 4.74 Å². The summed E-state index contributed by atoms with van der Waals surface area (Å²) in [7, 11) is 0. The fraction of sp³-hybridized carbons (Fsp3) is 0.222. The zero-order chi connectivity index (χ0) is 10.7. The van der Waals surface area contributed by atoms with Crippen LogP contribution in [0.15, 0.2) is 18.3 Å². The lowest BCUT2D eigenvalue weighted by Crippen LogP contribution is -1.88. The van der Waals surface area contributed by atoms with Gasteiger partial charge in [0, 0.05) is 6.20 Å². The highest BCUT2D eigenvalue weighted by Gasteiger charge is 2.07. The molecule has 0 aliphatic carbocycles. The topological polar surface area (TPSA) is 68.1 Å². The van der Waals surface area contributed by atoms with Crippen molar-refractivity contribution in [2.24, 2.45) is 0 Å². The van der Waals surface area contributed by atoms with Crippen LogP contribution in [0.3, 0.4) is 0 Å². The summed E-state index contributed by atoms with van der Waals surface area (Å²) in [6.07, 6.45) is 1.70. The first-order valence-electron chi connectivity index (χ1n) is 4.32. The smallest absolute Gasteiger partial charge is 0.299 e. The Hall–Kier alpha value is -1.53. The largest absolute Gasteiger partial charge is 0.428 e. The van der Waals surface area contributed by atoms with E-state index in [1.54, 1.807) is 12.3 Å². The highest BCUT2D eigenvalue weighted by molar-refractivity contribution is 7.13. The van der Waals surface area contributed by atoms with E-state index in [2.05, 4.69) is 15.2 Å². The van der Waals surface area contributed by atoms with Crippen molar-refractivity contribution in [3.05, 3.63) is 29.0 Å². The Morgan fingerprint density at radius 1 is 1.47 bits per heavy atom. The Balaban J connectivity index is 2.18. The summed E-state index contributed by atoms with van der Waals surface area (Å²) in [6, 6.07) is 3.60. The third kappa shape index (κ3) is 2.28. The molecule has 0 fully saturated rings. The van der Waals surface area contributed by atoms with Gasteiger partial charge in [-0.3, -0.25) is 4.98 Å². The number of hydrogen-bond acceptors (Lipinski definition) is 6. The van der Waals surface area contributed by atoms with Gasteiger partial charge >= 0.3 is 0 Å². The predicted molar refractivity (Wildman–Crippen MR) is 54.9 cm³/mol. The molecule has 0 amide bonds. The van der Waals surface area contributed by atoms with Gasteiger partial charge in [-0.1, -0.05) is 16.4 Å². The maximum Gasteiger partial charge on any atom is 0.299 e. The second-order valence-corrected chi connectivity index (χ2v) is 3.83. The Kier molecular flexibility index (Phi) is 2.89. The molecule has 2 rings (SSSR count). The predicted octanol–water partition coefficient (Wildman–Crippen LogP) is 1.53. The van der Waals surface area contributed by atoms with Crippen LogP contribution in [0.4, 0.5) is 0 Å². The van der Waals surface area contributed by atoms with Crippen LogP contribution in [-0.4, -0.2) is 20.3 Å². The molecule has 0 bridgehead atoms. The number of aromatic nitrogens is 3. The molecule has 5 nitrogen and oxygen atoms in total. The van der Waals surface area contributed by atoms with Crippen LogP contribution in [0.5, 0.6) is 10.9 Å². The van der Waals surface area contributed by atoms with Crippen LogP contribution in [0.25, 0.3) is 0 Å². The summed E-state index contributed by atoms with van der Waals surface area (Å²) >= 11 is 1.21. The molecule has 0 atom stereocenters. The van der Waals surface area contributed by atoms with Gasteiger partial charge in [0.2, 0.25) is 0 Å². The van der Waals surface area contributed by atoms with Gasteiger partial charge in [0.1, 0.15) is 5.01 Å².